The summed E-state index contributed by atoms with van der Waals surface area (Å²) in [6.07, 6.45) is 0.577. The summed E-state index contributed by atoms with van der Waals surface area (Å²) < 4.78 is 0. The molecule has 1 amide bonds. The summed E-state index contributed by atoms with van der Waals surface area (Å²) in [6, 6.07) is 12.1. The minimum Gasteiger partial charge on any atom is -0.323 e. The van der Waals surface area contributed by atoms with Crippen LogP contribution >= 0.6 is 34.8 Å². The lowest BCUT2D eigenvalue weighted by Gasteiger charge is -2.12. The van der Waals surface area contributed by atoms with Crippen LogP contribution < -0.4 is 16.2 Å². The molecule has 7 heteroatoms. The van der Waals surface area contributed by atoms with Crippen molar-refractivity contribution in [2.45, 2.75) is 18.5 Å². The molecular formula is C16H14Cl3N3O. The fourth-order valence-corrected chi connectivity index (χ4v) is 3.11. The number of rotatable bonds is 3. The van der Waals surface area contributed by atoms with Gasteiger partial charge in [0, 0.05) is 16.1 Å². The Morgan fingerprint density at radius 2 is 1.83 bits per heavy atom. The molecule has 4 nitrogen and oxygen atoms in total. The lowest BCUT2D eigenvalue weighted by molar-refractivity contribution is -0.117. The molecule has 0 aliphatic carbocycles. The number of hydrogen-bond acceptors (Lipinski definition) is 3. The van der Waals surface area contributed by atoms with Crippen molar-refractivity contribution in [2.75, 3.05) is 5.32 Å². The number of hydrogen-bond donors (Lipinski definition) is 3. The van der Waals surface area contributed by atoms with E-state index in [0.717, 1.165) is 5.56 Å². The Morgan fingerprint density at radius 1 is 1.04 bits per heavy atom. The van der Waals surface area contributed by atoms with E-state index in [1.165, 1.54) is 0 Å². The molecule has 3 rings (SSSR count). The van der Waals surface area contributed by atoms with Crippen LogP contribution in [0.2, 0.25) is 15.1 Å². The molecule has 1 aliphatic rings. The molecule has 3 N–H and O–H groups in total. The molecule has 0 radical (unpaired) electrons. The summed E-state index contributed by atoms with van der Waals surface area (Å²) in [5.74, 6) is -0.184. The lowest BCUT2D eigenvalue weighted by Crippen LogP contribution is -2.39. The second kappa shape index (κ2) is 7.07. The van der Waals surface area contributed by atoms with E-state index >= 15 is 0 Å². The number of carbonyl (C=O) groups excluding carboxylic acids is 1. The number of nitrogens with one attached hydrogen (secondary N) is 3. The van der Waals surface area contributed by atoms with E-state index in [2.05, 4.69) is 16.2 Å². The summed E-state index contributed by atoms with van der Waals surface area (Å²) in [7, 11) is 0. The summed E-state index contributed by atoms with van der Waals surface area (Å²) in [5, 5.41) is 4.41. The summed E-state index contributed by atoms with van der Waals surface area (Å²) in [5.41, 5.74) is 7.54. The first-order valence-corrected chi connectivity index (χ1v) is 8.19. The van der Waals surface area contributed by atoms with Gasteiger partial charge in [-0.1, -0.05) is 53.0 Å². The highest BCUT2D eigenvalue weighted by Crippen LogP contribution is 2.29. The van der Waals surface area contributed by atoms with Gasteiger partial charge in [0.1, 0.15) is 6.04 Å². The van der Waals surface area contributed by atoms with Crippen LogP contribution in [-0.2, 0) is 4.79 Å². The molecule has 0 bridgehead atoms. The Hall–Kier alpha value is -1.30. The van der Waals surface area contributed by atoms with E-state index < -0.39 is 6.04 Å². The number of amides is 1. The summed E-state index contributed by atoms with van der Waals surface area (Å²) >= 11 is 18.2. The van der Waals surface area contributed by atoms with Crippen LogP contribution in [0.15, 0.2) is 42.5 Å². The van der Waals surface area contributed by atoms with E-state index in [4.69, 9.17) is 34.8 Å². The maximum Gasteiger partial charge on any atom is 0.242 e. The summed E-state index contributed by atoms with van der Waals surface area (Å²) in [4.78, 5) is 12.4. The van der Waals surface area contributed by atoms with E-state index in [0.29, 0.717) is 27.2 Å². The predicted molar refractivity (Wildman–Crippen MR) is 94.0 cm³/mol. The Kier molecular flexibility index (Phi) is 5.09. The minimum atomic E-state index is -0.397. The van der Waals surface area contributed by atoms with Gasteiger partial charge >= 0.3 is 0 Å². The van der Waals surface area contributed by atoms with E-state index in [1.54, 1.807) is 18.2 Å². The minimum absolute atomic E-state index is 0.0331. The van der Waals surface area contributed by atoms with Crippen molar-refractivity contribution in [1.82, 2.24) is 10.9 Å². The van der Waals surface area contributed by atoms with Crippen LogP contribution in [0.4, 0.5) is 5.69 Å². The average Bonchev–Trinajstić information content (AvgIpc) is 3.01. The van der Waals surface area contributed by atoms with Gasteiger partial charge in [0.2, 0.25) is 5.91 Å². The van der Waals surface area contributed by atoms with Crippen molar-refractivity contribution in [3.8, 4) is 0 Å². The SMILES string of the molecule is O=C(Nc1cc(Cl)ccc1Cl)C1CC(c2ccccc2Cl)NN1. The van der Waals surface area contributed by atoms with Gasteiger partial charge in [0.15, 0.2) is 0 Å². The Bertz CT molecular complexity index is 738. The van der Waals surface area contributed by atoms with Crippen molar-refractivity contribution >= 4 is 46.4 Å². The first-order chi connectivity index (χ1) is 11.0. The second-order valence-electron chi connectivity index (χ2n) is 5.26. The molecule has 1 heterocycles. The molecule has 2 atom stereocenters. The third-order valence-electron chi connectivity index (χ3n) is 3.69. The van der Waals surface area contributed by atoms with Crippen molar-refractivity contribution in [3.05, 3.63) is 63.1 Å². The third kappa shape index (κ3) is 3.79. The number of anilines is 1. The van der Waals surface area contributed by atoms with Crippen LogP contribution in [0.1, 0.15) is 18.0 Å². The number of hydrazine groups is 1. The Labute approximate surface area is 149 Å². The quantitative estimate of drug-likeness (QED) is 0.759. The molecule has 1 aliphatic heterocycles. The van der Waals surface area contributed by atoms with Gasteiger partial charge in [-0.05, 0) is 36.2 Å². The van der Waals surface area contributed by atoms with Crippen molar-refractivity contribution in [2.24, 2.45) is 0 Å². The predicted octanol–water partition coefficient (Wildman–Crippen LogP) is 4.19. The van der Waals surface area contributed by atoms with Crippen LogP contribution in [0.25, 0.3) is 0 Å². The van der Waals surface area contributed by atoms with E-state index in [9.17, 15) is 4.79 Å². The van der Waals surface area contributed by atoms with E-state index in [-0.39, 0.29) is 11.9 Å². The van der Waals surface area contributed by atoms with Crippen LogP contribution in [0, 0.1) is 0 Å². The van der Waals surface area contributed by atoms with Crippen LogP contribution in [0.3, 0.4) is 0 Å². The highest BCUT2D eigenvalue weighted by molar-refractivity contribution is 6.35. The van der Waals surface area contributed by atoms with Crippen molar-refractivity contribution < 1.29 is 4.79 Å². The lowest BCUT2D eigenvalue weighted by atomic mass is 10.0. The van der Waals surface area contributed by atoms with Gasteiger partial charge < -0.3 is 5.32 Å². The maximum atomic E-state index is 12.4. The highest BCUT2D eigenvalue weighted by Gasteiger charge is 2.31. The standard InChI is InChI=1S/C16H14Cl3N3O/c17-9-5-6-12(19)14(7-9)20-16(23)15-8-13(21-22-15)10-3-1-2-4-11(10)18/h1-7,13,15,21-22H,8H2,(H,20,23). The molecular weight excluding hydrogens is 357 g/mol. The van der Waals surface area contributed by atoms with Gasteiger partial charge in [-0.3, -0.25) is 4.79 Å². The zero-order valence-corrected chi connectivity index (χ0v) is 14.2. The molecule has 1 saturated heterocycles. The third-order valence-corrected chi connectivity index (χ3v) is 4.60. The first-order valence-electron chi connectivity index (χ1n) is 7.06. The molecule has 0 spiro atoms. The highest BCUT2D eigenvalue weighted by atomic mass is 35.5. The molecule has 0 aromatic heterocycles. The van der Waals surface area contributed by atoms with Gasteiger partial charge in [-0.15, -0.1) is 0 Å². The van der Waals surface area contributed by atoms with Crippen molar-refractivity contribution in [3.63, 3.8) is 0 Å². The topological polar surface area (TPSA) is 53.2 Å². The zero-order chi connectivity index (χ0) is 16.4. The number of carbonyl (C=O) groups is 1. The largest absolute Gasteiger partial charge is 0.323 e. The second-order valence-corrected chi connectivity index (χ2v) is 6.52. The van der Waals surface area contributed by atoms with Gasteiger partial charge in [-0.2, -0.15) is 0 Å². The molecule has 0 saturated carbocycles. The van der Waals surface area contributed by atoms with Crippen LogP contribution in [-0.4, -0.2) is 11.9 Å². The zero-order valence-electron chi connectivity index (χ0n) is 11.9. The van der Waals surface area contributed by atoms with Crippen LogP contribution in [0.5, 0.6) is 0 Å². The van der Waals surface area contributed by atoms with Gasteiger partial charge in [0.05, 0.1) is 10.7 Å². The molecule has 2 unspecified atom stereocenters. The molecule has 1 fully saturated rings. The fraction of sp³-hybridized carbons (Fsp3) is 0.188. The smallest absolute Gasteiger partial charge is 0.242 e. The van der Waals surface area contributed by atoms with Crippen molar-refractivity contribution in [1.29, 1.82) is 0 Å². The number of halogens is 3. The molecule has 2 aromatic carbocycles. The molecule has 2 aromatic rings. The molecule has 23 heavy (non-hydrogen) atoms. The van der Waals surface area contributed by atoms with Gasteiger partial charge in [-0.25, -0.2) is 10.9 Å². The Morgan fingerprint density at radius 3 is 2.61 bits per heavy atom. The average molecular weight is 371 g/mol. The maximum absolute atomic E-state index is 12.4. The first kappa shape index (κ1) is 16.6. The monoisotopic (exact) mass is 369 g/mol. The fourth-order valence-electron chi connectivity index (χ4n) is 2.50. The van der Waals surface area contributed by atoms with E-state index in [1.807, 2.05) is 24.3 Å². The molecule has 120 valence electrons. The van der Waals surface area contributed by atoms with Gasteiger partial charge in [0.25, 0.3) is 0 Å². The Balaban J connectivity index is 1.68. The number of benzene rings is 2. The summed E-state index contributed by atoms with van der Waals surface area (Å²) in [6.45, 7) is 0. The normalized spacial score (nSPS) is 20.5.